The highest BCUT2D eigenvalue weighted by Crippen LogP contribution is 2.29. The molecule has 0 saturated heterocycles. The standard InChI is InChI=1S/C20H23N3O3S2/c1-5-14(3)27-15-9-10-16(13(2)12-15)21-19(24)18-17-8-6-7-11-23(17)20(22-18)28(4,25)26/h6-12,14H,5H2,1-4H3,(H,21,24). The van der Waals surface area contributed by atoms with Gasteiger partial charge in [-0.1, -0.05) is 19.9 Å². The maximum absolute atomic E-state index is 12.8. The van der Waals surface area contributed by atoms with Crippen LogP contribution < -0.4 is 5.32 Å². The first-order valence-corrected chi connectivity index (χ1v) is 11.7. The number of nitrogens with one attached hydrogen (secondary N) is 1. The van der Waals surface area contributed by atoms with Crippen LogP contribution in [0.15, 0.2) is 52.6 Å². The highest BCUT2D eigenvalue weighted by Gasteiger charge is 2.23. The number of aryl methyl sites for hydroxylation is 1. The summed E-state index contributed by atoms with van der Waals surface area (Å²) in [5.74, 6) is -0.441. The van der Waals surface area contributed by atoms with E-state index in [1.807, 2.05) is 25.1 Å². The molecule has 1 N–H and O–H groups in total. The lowest BCUT2D eigenvalue weighted by Gasteiger charge is -2.12. The van der Waals surface area contributed by atoms with Gasteiger partial charge in [0.15, 0.2) is 5.69 Å². The molecule has 0 aliphatic rings. The van der Waals surface area contributed by atoms with Crippen LogP contribution in [-0.4, -0.2) is 35.2 Å². The Hall–Kier alpha value is -2.32. The van der Waals surface area contributed by atoms with E-state index < -0.39 is 15.7 Å². The summed E-state index contributed by atoms with van der Waals surface area (Å²) in [4.78, 5) is 18.1. The fourth-order valence-corrected chi connectivity index (χ4v) is 4.58. The second-order valence-electron chi connectivity index (χ2n) is 6.74. The Labute approximate surface area is 169 Å². The number of imidazole rings is 1. The number of amides is 1. The fraction of sp³-hybridized carbons (Fsp3) is 0.300. The van der Waals surface area contributed by atoms with Crippen molar-refractivity contribution in [3.05, 3.63) is 53.9 Å². The van der Waals surface area contributed by atoms with Crippen LogP contribution in [-0.2, 0) is 9.84 Å². The molecule has 2 heterocycles. The van der Waals surface area contributed by atoms with Crippen molar-refractivity contribution in [1.29, 1.82) is 0 Å². The minimum absolute atomic E-state index is 0.0819. The Bertz CT molecular complexity index is 1140. The highest BCUT2D eigenvalue weighted by atomic mass is 32.2. The predicted molar refractivity (Wildman–Crippen MR) is 113 cm³/mol. The van der Waals surface area contributed by atoms with Crippen molar-refractivity contribution < 1.29 is 13.2 Å². The summed E-state index contributed by atoms with van der Waals surface area (Å²) in [6.45, 7) is 6.27. The van der Waals surface area contributed by atoms with Gasteiger partial charge in [-0.15, -0.1) is 11.8 Å². The van der Waals surface area contributed by atoms with Crippen molar-refractivity contribution in [2.45, 2.75) is 42.5 Å². The third-order valence-electron chi connectivity index (χ3n) is 4.42. The van der Waals surface area contributed by atoms with Crippen molar-refractivity contribution in [3.8, 4) is 0 Å². The maximum atomic E-state index is 12.8. The van der Waals surface area contributed by atoms with E-state index in [1.54, 1.807) is 36.2 Å². The SMILES string of the molecule is CCC(C)Sc1ccc(NC(=O)c2nc(S(C)(=O)=O)n3ccccc23)c(C)c1. The Balaban J connectivity index is 1.92. The summed E-state index contributed by atoms with van der Waals surface area (Å²) in [7, 11) is -3.57. The summed E-state index contributed by atoms with van der Waals surface area (Å²) in [6, 6.07) is 11.0. The van der Waals surface area contributed by atoms with E-state index in [2.05, 4.69) is 24.1 Å². The first kappa shape index (κ1) is 20.4. The van der Waals surface area contributed by atoms with E-state index in [0.29, 0.717) is 16.5 Å². The second-order valence-corrected chi connectivity index (χ2v) is 10.2. The van der Waals surface area contributed by atoms with E-state index in [0.717, 1.165) is 23.1 Å². The molecule has 0 radical (unpaired) electrons. The number of sulfone groups is 1. The number of hydrogen-bond donors (Lipinski definition) is 1. The molecule has 1 amide bonds. The van der Waals surface area contributed by atoms with Crippen LogP contribution in [0.2, 0.25) is 0 Å². The third kappa shape index (κ3) is 4.23. The molecule has 8 heteroatoms. The van der Waals surface area contributed by atoms with Crippen LogP contribution in [0.3, 0.4) is 0 Å². The van der Waals surface area contributed by atoms with E-state index in [4.69, 9.17) is 0 Å². The molecule has 0 aliphatic carbocycles. The average molecular weight is 418 g/mol. The van der Waals surface area contributed by atoms with E-state index in [-0.39, 0.29) is 10.9 Å². The topological polar surface area (TPSA) is 80.5 Å². The van der Waals surface area contributed by atoms with Crippen molar-refractivity contribution in [2.24, 2.45) is 0 Å². The summed E-state index contributed by atoms with van der Waals surface area (Å²) in [5, 5.41) is 3.23. The smallest absolute Gasteiger partial charge is 0.276 e. The predicted octanol–water partition coefficient (Wildman–Crippen LogP) is 4.19. The summed E-state index contributed by atoms with van der Waals surface area (Å²) < 4.78 is 25.5. The van der Waals surface area contributed by atoms with Gasteiger partial charge in [0.2, 0.25) is 15.0 Å². The maximum Gasteiger partial charge on any atom is 0.276 e. The number of fused-ring (bicyclic) bond motifs is 1. The van der Waals surface area contributed by atoms with Gasteiger partial charge in [0, 0.05) is 28.3 Å². The normalized spacial score (nSPS) is 12.9. The molecule has 0 fully saturated rings. The first-order valence-electron chi connectivity index (χ1n) is 8.96. The third-order valence-corrected chi connectivity index (χ3v) is 6.63. The molecular formula is C20H23N3O3S2. The van der Waals surface area contributed by atoms with E-state index in [9.17, 15) is 13.2 Å². The number of pyridine rings is 1. The molecule has 1 atom stereocenters. The van der Waals surface area contributed by atoms with Crippen LogP contribution in [0.5, 0.6) is 0 Å². The molecule has 0 spiro atoms. The minimum atomic E-state index is -3.57. The molecule has 1 aromatic carbocycles. The van der Waals surface area contributed by atoms with Crippen molar-refractivity contribution in [1.82, 2.24) is 9.38 Å². The number of anilines is 1. The zero-order chi connectivity index (χ0) is 20.5. The van der Waals surface area contributed by atoms with Crippen LogP contribution in [0.25, 0.3) is 5.52 Å². The molecule has 28 heavy (non-hydrogen) atoms. The Morgan fingerprint density at radius 2 is 2.04 bits per heavy atom. The fourth-order valence-electron chi connectivity index (χ4n) is 2.79. The quantitative estimate of drug-likeness (QED) is 0.608. The van der Waals surface area contributed by atoms with Gasteiger partial charge < -0.3 is 5.32 Å². The lowest BCUT2D eigenvalue weighted by Crippen LogP contribution is -2.14. The van der Waals surface area contributed by atoms with E-state index in [1.165, 1.54) is 4.40 Å². The van der Waals surface area contributed by atoms with Crippen LogP contribution in [0.1, 0.15) is 36.3 Å². The van der Waals surface area contributed by atoms with Crippen LogP contribution in [0.4, 0.5) is 5.69 Å². The number of rotatable bonds is 6. The lowest BCUT2D eigenvalue weighted by molar-refractivity contribution is 0.102. The molecule has 2 aromatic heterocycles. The number of nitrogens with zero attached hydrogens (tertiary/aromatic N) is 2. The van der Waals surface area contributed by atoms with Gasteiger partial charge in [-0.3, -0.25) is 9.20 Å². The Morgan fingerprint density at radius 1 is 1.29 bits per heavy atom. The van der Waals surface area contributed by atoms with Gasteiger partial charge in [0.25, 0.3) is 5.91 Å². The van der Waals surface area contributed by atoms with Gasteiger partial charge >= 0.3 is 0 Å². The Kier molecular flexibility index (Phi) is 5.81. The van der Waals surface area contributed by atoms with E-state index >= 15 is 0 Å². The number of carbonyl (C=O) groups excluding carboxylic acids is 1. The first-order chi connectivity index (χ1) is 13.2. The van der Waals surface area contributed by atoms with Gasteiger partial charge in [0.1, 0.15) is 0 Å². The van der Waals surface area contributed by atoms with Gasteiger partial charge in [-0.2, -0.15) is 0 Å². The molecule has 0 bridgehead atoms. The number of aromatic nitrogens is 2. The molecule has 3 rings (SSSR count). The van der Waals surface area contributed by atoms with Gasteiger partial charge in [-0.25, -0.2) is 13.4 Å². The summed E-state index contributed by atoms with van der Waals surface area (Å²) in [6.07, 6.45) is 3.74. The van der Waals surface area contributed by atoms with Gasteiger partial charge in [-0.05, 0) is 49.2 Å². The molecular weight excluding hydrogens is 394 g/mol. The second kappa shape index (κ2) is 7.97. The van der Waals surface area contributed by atoms with Crippen molar-refractivity contribution in [2.75, 3.05) is 11.6 Å². The molecule has 1 unspecified atom stereocenters. The lowest BCUT2D eigenvalue weighted by atomic mass is 10.2. The number of thioether (sulfide) groups is 1. The monoisotopic (exact) mass is 417 g/mol. The van der Waals surface area contributed by atoms with Crippen LogP contribution in [0, 0.1) is 6.92 Å². The zero-order valence-electron chi connectivity index (χ0n) is 16.3. The molecule has 0 aliphatic heterocycles. The molecule has 6 nitrogen and oxygen atoms in total. The summed E-state index contributed by atoms with van der Waals surface area (Å²) >= 11 is 1.79. The number of carbonyl (C=O) groups is 1. The van der Waals surface area contributed by atoms with Gasteiger partial charge in [0.05, 0.1) is 5.52 Å². The van der Waals surface area contributed by atoms with Crippen molar-refractivity contribution in [3.63, 3.8) is 0 Å². The zero-order valence-corrected chi connectivity index (χ0v) is 17.9. The average Bonchev–Trinajstić information content (AvgIpc) is 3.04. The molecule has 0 saturated carbocycles. The molecule has 3 aromatic rings. The number of benzene rings is 1. The van der Waals surface area contributed by atoms with Crippen LogP contribution >= 0.6 is 11.8 Å². The van der Waals surface area contributed by atoms with Crippen molar-refractivity contribution >= 4 is 38.7 Å². The number of hydrogen-bond acceptors (Lipinski definition) is 5. The Morgan fingerprint density at radius 3 is 2.68 bits per heavy atom. The molecule has 148 valence electrons. The highest BCUT2D eigenvalue weighted by molar-refractivity contribution is 7.99. The summed E-state index contributed by atoms with van der Waals surface area (Å²) in [5.41, 5.74) is 2.14. The minimum Gasteiger partial charge on any atom is -0.320 e. The largest absolute Gasteiger partial charge is 0.320 e.